The fraction of sp³-hybridized carbons (Fsp3) is 0.500. The Morgan fingerprint density at radius 1 is 1.05 bits per heavy atom. The normalized spacial score (nSPS) is 16.0. The largest absolute Gasteiger partial charge is 0.339 e. The predicted molar refractivity (Wildman–Crippen MR) is 83.4 cm³/mol. The van der Waals surface area contributed by atoms with E-state index in [1.807, 2.05) is 25.7 Å². The highest BCUT2D eigenvalue weighted by molar-refractivity contribution is 6.30. The van der Waals surface area contributed by atoms with Crippen LogP contribution in [0.1, 0.15) is 31.1 Å². The maximum atomic E-state index is 12.4. The van der Waals surface area contributed by atoms with E-state index in [9.17, 15) is 9.59 Å². The van der Waals surface area contributed by atoms with E-state index < -0.39 is 0 Å². The average Bonchev–Trinajstić information content (AvgIpc) is 2.45. The molecule has 114 valence electrons. The summed E-state index contributed by atoms with van der Waals surface area (Å²) >= 11 is 5.92. The summed E-state index contributed by atoms with van der Waals surface area (Å²) in [5, 5.41) is 0.558. The lowest BCUT2D eigenvalue weighted by atomic mass is 9.94. The van der Waals surface area contributed by atoms with Crippen molar-refractivity contribution in [3.8, 4) is 0 Å². The number of hydrogen-bond acceptors (Lipinski definition) is 2. The summed E-state index contributed by atoms with van der Waals surface area (Å²) in [6, 6.07) is 6.96. The number of carbonyl (C=O) groups excluding carboxylic acids is 2. The maximum Gasteiger partial charge on any atom is 0.254 e. The molecule has 1 aromatic rings. The Labute approximate surface area is 130 Å². The summed E-state index contributed by atoms with van der Waals surface area (Å²) in [6.07, 6.45) is 0. The van der Waals surface area contributed by atoms with Gasteiger partial charge in [0.15, 0.2) is 0 Å². The van der Waals surface area contributed by atoms with Crippen molar-refractivity contribution < 1.29 is 9.59 Å². The first-order valence-electron chi connectivity index (χ1n) is 7.13. The number of rotatable bonds is 1. The highest BCUT2D eigenvalue weighted by Crippen LogP contribution is 2.19. The molecule has 1 heterocycles. The van der Waals surface area contributed by atoms with Gasteiger partial charge in [0.05, 0.1) is 0 Å². The van der Waals surface area contributed by atoms with Crippen LogP contribution in [0, 0.1) is 5.41 Å². The number of piperazine rings is 1. The van der Waals surface area contributed by atoms with Gasteiger partial charge in [0.2, 0.25) is 5.91 Å². The standard InChI is InChI=1S/C16H21ClN2O2/c1-16(2,3)15(21)19-9-7-18(8-10-19)14(20)12-5-4-6-13(17)11-12/h4-6,11H,7-10H2,1-3H3. The number of hydrogen-bond donors (Lipinski definition) is 0. The first-order valence-corrected chi connectivity index (χ1v) is 7.51. The van der Waals surface area contributed by atoms with Crippen molar-refractivity contribution in [1.29, 1.82) is 0 Å². The van der Waals surface area contributed by atoms with Crippen molar-refractivity contribution >= 4 is 23.4 Å². The SMILES string of the molecule is CC(C)(C)C(=O)N1CCN(C(=O)c2cccc(Cl)c2)CC1. The molecule has 0 bridgehead atoms. The zero-order valence-corrected chi connectivity index (χ0v) is 13.5. The third-order valence-corrected chi connectivity index (χ3v) is 3.80. The molecule has 1 aromatic carbocycles. The van der Waals surface area contributed by atoms with Crippen LogP contribution in [0.25, 0.3) is 0 Å². The van der Waals surface area contributed by atoms with Crippen molar-refractivity contribution in [3.63, 3.8) is 0 Å². The van der Waals surface area contributed by atoms with Crippen LogP contribution in [0.15, 0.2) is 24.3 Å². The molecular formula is C16H21ClN2O2. The Balaban J connectivity index is 1.98. The van der Waals surface area contributed by atoms with Crippen molar-refractivity contribution in [2.45, 2.75) is 20.8 Å². The molecule has 0 spiro atoms. The lowest BCUT2D eigenvalue weighted by molar-refractivity contribution is -0.140. The molecule has 1 fully saturated rings. The minimum Gasteiger partial charge on any atom is -0.339 e. The topological polar surface area (TPSA) is 40.6 Å². The molecule has 1 aliphatic rings. The minimum absolute atomic E-state index is 0.0274. The molecule has 0 unspecified atom stereocenters. The number of carbonyl (C=O) groups is 2. The van der Waals surface area contributed by atoms with Gasteiger partial charge in [-0.3, -0.25) is 9.59 Å². The number of benzene rings is 1. The second-order valence-electron chi connectivity index (χ2n) is 6.34. The fourth-order valence-electron chi connectivity index (χ4n) is 2.39. The van der Waals surface area contributed by atoms with E-state index in [1.54, 1.807) is 29.2 Å². The summed E-state index contributed by atoms with van der Waals surface area (Å²) in [6.45, 7) is 8.04. The molecular weight excluding hydrogens is 288 g/mol. The van der Waals surface area contributed by atoms with Crippen LogP contribution in [0.4, 0.5) is 0 Å². The third kappa shape index (κ3) is 3.76. The lowest BCUT2D eigenvalue weighted by Gasteiger charge is -2.37. The first-order chi connectivity index (χ1) is 9.79. The number of halogens is 1. The second-order valence-corrected chi connectivity index (χ2v) is 6.78. The van der Waals surface area contributed by atoms with E-state index in [2.05, 4.69) is 0 Å². The zero-order valence-electron chi connectivity index (χ0n) is 12.7. The molecule has 2 rings (SSSR count). The molecule has 0 N–H and O–H groups in total. The molecule has 5 heteroatoms. The van der Waals surface area contributed by atoms with Gasteiger partial charge in [-0.1, -0.05) is 38.4 Å². The highest BCUT2D eigenvalue weighted by atomic mass is 35.5. The molecule has 21 heavy (non-hydrogen) atoms. The third-order valence-electron chi connectivity index (χ3n) is 3.57. The van der Waals surface area contributed by atoms with Crippen LogP contribution in [0.2, 0.25) is 5.02 Å². The lowest BCUT2D eigenvalue weighted by Crippen LogP contribution is -2.53. The molecule has 1 aliphatic heterocycles. The summed E-state index contributed by atoms with van der Waals surface area (Å²) in [5.74, 6) is 0.109. The van der Waals surface area contributed by atoms with E-state index in [4.69, 9.17) is 11.6 Å². The van der Waals surface area contributed by atoms with Gasteiger partial charge in [-0.2, -0.15) is 0 Å². The molecule has 0 radical (unpaired) electrons. The van der Waals surface area contributed by atoms with Crippen LogP contribution < -0.4 is 0 Å². The molecule has 0 aromatic heterocycles. The Kier molecular flexibility index (Phi) is 4.57. The van der Waals surface area contributed by atoms with Gasteiger partial charge in [0.1, 0.15) is 0 Å². The molecule has 0 aliphatic carbocycles. The van der Waals surface area contributed by atoms with Gasteiger partial charge in [-0.25, -0.2) is 0 Å². The van der Waals surface area contributed by atoms with Crippen LogP contribution in [0.3, 0.4) is 0 Å². The quantitative estimate of drug-likeness (QED) is 0.800. The monoisotopic (exact) mass is 308 g/mol. The van der Waals surface area contributed by atoms with Gasteiger partial charge in [0, 0.05) is 42.2 Å². The second kappa shape index (κ2) is 6.06. The Morgan fingerprint density at radius 3 is 2.14 bits per heavy atom. The molecule has 0 saturated carbocycles. The van der Waals surface area contributed by atoms with E-state index in [-0.39, 0.29) is 17.2 Å². The van der Waals surface area contributed by atoms with Gasteiger partial charge >= 0.3 is 0 Å². The van der Waals surface area contributed by atoms with Crippen molar-refractivity contribution in [2.24, 2.45) is 5.41 Å². The van der Waals surface area contributed by atoms with Crippen LogP contribution in [-0.2, 0) is 4.79 Å². The average molecular weight is 309 g/mol. The van der Waals surface area contributed by atoms with Crippen molar-refractivity contribution in [2.75, 3.05) is 26.2 Å². The fourth-order valence-corrected chi connectivity index (χ4v) is 2.58. The number of nitrogens with zero attached hydrogens (tertiary/aromatic N) is 2. The number of amides is 2. The summed E-state index contributed by atoms with van der Waals surface area (Å²) < 4.78 is 0. The van der Waals surface area contributed by atoms with Crippen LogP contribution in [0.5, 0.6) is 0 Å². The van der Waals surface area contributed by atoms with E-state index in [0.29, 0.717) is 36.8 Å². The Bertz CT molecular complexity index is 543. The summed E-state index contributed by atoms with van der Waals surface area (Å²) in [5.41, 5.74) is 0.220. The van der Waals surface area contributed by atoms with Gasteiger partial charge in [-0.05, 0) is 18.2 Å². The van der Waals surface area contributed by atoms with Gasteiger partial charge < -0.3 is 9.80 Å². The zero-order chi connectivity index (χ0) is 15.6. The maximum absolute atomic E-state index is 12.4. The van der Waals surface area contributed by atoms with E-state index in [0.717, 1.165) is 0 Å². The summed E-state index contributed by atoms with van der Waals surface area (Å²) in [7, 11) is 0. The van der Waals surface area contributed by atoms with E-state index in [1.165, 1.54) is 0 Å². The van der Waals surface area contributed by atoms with Gasteiger partial charge in [-0.15, -0.1) is 0 Å². The van der Waals surface area contributed by atoms with Crippen molar-refractivity contribution in [3.05, 3.63) is 34.9 Å². The first kappa shape index (κ1) is 15.8. The predicted octanol–water partition coefficient (Wildman–Crippen LogP) is 2.67. The van der Waals surface area contributed by atoms with Crippen molar-refractivity contribution in [1.82, 2.24) is 9.80 Å². The smallest absolute Gasteiger partial charge is 0.254 e. The highest BCUT2D eigenvalue weighted by Gasteiger charge is 2.31. The Morgan fingerprint density at radius 2 is 1.62 bits per heavy atom. The molecule has 4 nitrogen and oxygen atoms in total. The summed E-state index contributed by atoms with van der Waals surface area (Å²) in [4.78, 5) is 28.2. The van der Waals surface area contributed by atoms with Crippen LogP contribution >= 0.6 is 11.6 Å². The van der Waals surface area contributed by atoms with Gasteiger partial charge in [0.25, 0.3) is 5.91 Å². The molecule has 1 saturated heterocycles. The van der Waals surface area contributed by atoms with Crippen LogP contribution in [-0.4, -0.2) is 47.8 Å². The Hall–Kier alpha value is -1.55. The molecule has 0 atom stereocenters. The van der Waals surface area contributed by atoms with E-state index >= 15 is 0 Å². The molecule has 2 amide bonds. The minimum atomic E-state index is -0.376.